The Morgan fingerprint density at radius 1 is 1.35 bits per heavy atom. The van der Waals surface area contributed by atoms with Crippen LogP contribution >= 0.6 is 11.5 Å². The molecule has 0 aromatic carbocycles. The van der Waals surface area contributed by atoms with Gasteiger partial charge in [0.25, 0.3) is 0 Å². The van der Waals surface area contributed by atoms with Crippen LogP contribution in [0.3, 0.4) is 0 Å². The van der Waals surface area contributed by atoms with Crippen LogP contribution in [0, 0.1) is 5.92 Å². The van der Waals surface area contributed by atoms with Crippen LogP contribution in [0.25, 0.3) is 0 Å². The summed E-state index contributed by atoms with van der Waals surface area (Å²) >= 11 is 1.48. The van der Waals surface area contributed by atoms with Gasteiger partial charge in [0.05, 0.1) is 6.61 Å². The van der Waals surface area contributed by atoms with Crippen molar-refractivity contribution in [1.82, 2.24) is 14.3 Å². The van der Waals surface area contributed by atoms with Crippen LogP contribution in [-0.4, -0.2) is 67.3 Å². The molecule has 2 aliphatic heterocycles. The van der Waals surface area contributed by atoms with E-state index in [1.165, 1.54) is 24.5 Å². The van der Waals surface area contributed by atoms with Gasteiger partial charge in [-0.25, -0.2) is 4.98 Å². The molecule has 0 amide bonds. The molecule has 0 N–H and O–H groups in total. The van der Waals surface area contributed by atoms with E-state index < -0.39 is 0 Å². The SMILES string of the molecule is COCc1nsc(N2CCN(CC3CCOC3)CC2)n1. The van der Waals surface area contributed by atoms with Crippen molar-refractivity contribution in [2.75, 3.05) is 57.9 Å². The number of aromatic nitrogens is 2. The number of ether oxygens (including phenoxy) is 2. The minimum atomic E-state index is 0.498. The van der Waals surface area contributed by atoms with Gasteiger partial charge in [-0.1, -0.05) is 0 Å². The van der Waals surface area contributed by atoms with E-state index in [2.05, 4.69) is 19.2 Å². The third-order valence-electron chi connectivity index (χ3n) is 3.91. The zero-order valence-corrected chi connectivity index (χ0v) is 12.8. The van der Waals surface area contributed by atoms with Crippen LogP contribution in [0.15, 0.2) is 0 Å². The Morgan fingerprint density at radius 2 is 2.20 bits per heavy atom. The van der Waals surface area contributed by atoms with Gasteiger partial charge in [0.2, 0.25) is 5.13 Å². The Hall–Kier alpha value is -0.760. The third-order valence-corrected chi connectivity index (χ3v) is 4.73. The highest BCUT2D eigenvalue weighted by atomic mass is 32.1. The van der Waals surface area contributed by atoms with E-state index in [0.29, 0.717) is 6.61 Å². The Bertz CT molecular complexity index is 414. The standard InChI is InChI=1S/C13H22N4O2S/c1-18-10-12-14-13(20-15-12)17-5-3-16(4-6-17)8-11-2-7-19-9-11/h11H,2-10H2,1H3. The normalized spacial score (nSPS) is 24.4. The van der Waals surface area contributed by atoms with Crippen LogP contribution in [0.5, 0.6) is 0 Å². The second-order valence-electron chi connectivity index (χ2n) is 5.44. The highest BCUT2D eigenvalue weighted by Crippen LogP contribution is 2.20. The van der Waals surface area contributed by atoms with Crippen molar-refractivity contribution < 1.29 is 9.47 Å². The fourth-order valence-electron chi connectivity index (χ4n) is 2.78. The third kappa shape index (κ3) is 3.46. The summed E-state index contributed by atoms with van der Waals surface area (Å²) in [5.41, 5.74) is 0. The van der Waals surface area contributed by atoms with Gasteiger partial charge in [0.15, 0.2) is 5.82 Å². The highest BCUT2D eigenvalue weighted by Gasteiger charge is 2.24. The molecule has 2 saturated heterocycles. The first-order chi connectivity index (χ1) is 9.85. The van der Waals surface area contributed by atoms with E-state index >= 15 is 0 Å². The van der Waals surface area contributed by atoms with E-state index in [1.807, 2.05) is 0 Å². The molecule has 0 radical (unpaired) electrons. The van der Waals surface area contributed by atoms with Gasteiger partial charge in [-0.05, 0) is 12.3 Å². The zero-order valence-electron chi connectivity index (χ0n) is 12.0. The Kier molecular flexibility index (Phi) is 4.82. The first kappa shape index (κ1) is 14.2. The lowest BCUT2D eigenvalue weighted by Gasteiger charge is -2.35. The van der Waals surface area contributed by atoms with Crippen LogP contribution in [-0.2, 0) is 16.1 Å². The van der Waals surface area contributed by atoms with Crippen LogP contribution in [0.2, 0.25) is 0 Å². The van der Waals surface area contributed by atoms with E-state index in [1.54, 1.807) is 7.11 Å². The first-order valence-corrected chi connectivity index (χ1v) is 7.99. The average molecular weight is 298 g/mol. The molecule has 3 heterocycles. The quantitative estimate of drug-likeness (QED) is 0.803. The fourth-order valence-corrected chi connectivity index (χ4v) is 3.50. The number of hydrogen-bond acceptors (Lipinski definition) is 7. The summed E-state index contributed by atoms with van der Waals surface area (Å²) in [5, 5.41) is 1.03. The molecule has 1 unspecified atom stereocenters. The molecule has 0 aliphatic carbocycles. The minimum absolute atomic E-state index is 0.498. The molecule has 0 spiro atoms. The Morgan fingerprint density at radius 3 is 2.90 bits per heavy atom. The highest BCUT2D eigenvalue weighted by molar-refractivity contribution is 7.09. The number of piperazine rings is 1. The minimum Gasteiger partial charge on any atom is -0.381 e. The maximum Gasteiger partial charge on any atom is 0.205 e. The van der Waals surface area contributed by atoms with E-state index in [4.69, 9.17) is 9.47 Å². The van der Waals surface area contributed by atoms with Gasteiger partial charge in [0, 0.05) is 58.0 Å². The summed E-state index contributed by atoms with van der Waals surface area (Å²) in [6, 6.07) is 0. The molecule has 0 saturated carbocycles. The van der Waals surface area contributed by atoms with Crippen molar-refractivity contribution >= 4 is 16.7 Å². The molecule has 20 heavy (non-hydrogen) atoms. The van der Waals surface area contributed by atoms with Crippen molar-refractivity contribution in [3.8, 4) is 0 Å². The summed E-state index contributed by atoms with van der Waals surface area (Å²) in [6.45, 7) is 7.85. The fraction of sp³-hybridized carbons (Fsp3) is 0.846. The van der Waals surface area contributed by atoms with Gasteiger partial charge in [0.1, 0.15) is 6.61 Å². The molecule has 7 heteroatoms. The maximum absolute atomic E-state index is 5.45. The molecule has 3 rings (SSSR count). The van der Waals surface area contributed by atoms with Crippen molar-refractivity contribution in [2.24, 2.45) is 5.92 Å². The number of methoxy groups -OCH3 is 1. The topological polar surface area (TPSA) is 50.7 Å². The lowest BCUT2D eigenvalue weighted by Crippen LogP contribution is -2.47. The Balaban J connectivity index is 1.47. The molecule has 0 bridgehead atoms. The van der Waals surface area contributed by atoms with E-state index in [0.717, 1.165) is 56.3 Å². The number of rotatable bonds is 5. The van der Waals surface area contributed by atoms with Crippen LogP contribution in [0.1, 0.15) is 12.2 Å². The van der Waals surface area contributed by atoms with E-state index in [-0.39, 0.29) is 0 Å². The molecule has 2 fully saturated rings. The van der Waals surface area contributed by atoms with Gasteiger partial charge in [-0.2, -0.15) is 4.37 Å². The first-order valence-electron chi connectivity index (χ1n) is 7.21. The van der Waals surface area contributed by atoms with Gasteiger partial charge >= 0.3 is 0 Å². The molecule has 1 atom stereocenters. The predicted octanol–water partition coefficient (Wildman–Crippen LogP) is 0.843. The molecule has 1 aromatic rings. The largest absolute Gasteiger partial charge is 0.381 e. The van der Waals surface area contributed by atoms with Crippen LogP contribution in [0.4, 0.5) is 5.13 Å². The molecule has 112 valence electrons. The maximum atomic E-state index is 5.45. The molecule has 6 nitrogen and oxygen atoms in total. The van der Waals surface area contributed by atoms with Crippen molar-refractivity contribution in [2.45, 2.75) is 13.0 Å². The zero-order chi connectivity index (χ0) is 13.8. The summed E-state index contributed by atoms with van der Waals surface area (Å²) in [5.74, 6) is 1.52. The van der Waals surface area contributed by atoms with E-state index in [9.17, 15) is 0 Å². The summed E-state index contributed by atoms with van der Waals surface area (Å²) in [4.78, 5) is 9.40. The molecular weight excluding hydrogens is 276 g/mol. The average Bonchev–Trinajstić information content (AvgIpc) is 3.12. The lowest BCUT2D eigenvalue weighted by atomic mass is 10.1. The Labute approximate surface area is 123 Å². The number of anilines is 1. The summed E-state index contributed by atoms with van der Waals surface area (Å²) in [6.07, 6.45) is 1.22. The smallest absolute Gasteiger partial charge is 0.205 e. The van der Waals surface area contributed by atoms with Crippen molar-refractivity contribution in [3.63, 3.8) is 0 Å². The summed E-state index contributed by atoms with van der Waals surface area (Å²) in [7, 11) is 1.67. The van der Waals surface area contributed by atoms with Gasteiger partial charge < -0.3 is 14.4 Å². The van der Waals surface area contributed by atoms with Gasteiger partial charge in [-0.15, -0.1) is 0 Å². The van der Waals surface area contributed by atoms with Crippen LogP contribution < -0.4 is 4.90 Å². The second kappa shape index (κ2) is 6.80. The molecule has 2 aliphatic rings. The molecule has 1 aromatic heterocycles. The second-order valence-corrected chi connectivity index (χ2v) is 6.17. The van der Waals surface area contributed by atoms with Crippen molar-refractivity contribution in [1.29, 1.82) is 0 Å². The monoisotopic (exact) mass is 298 g/mol. The predicted molar refractivity (Wildman–Crippen MR) is 78.2 cm³/mol. The van der Waals surface area contributed by atoms with Crippen molar-refractivity contribution in [3.05, 3.63) is 5.82 Å². The number of nitrogens with zero attached hydrogens (tertiary/aromatic N) is 4. The van der Waals surface area contributed by atoms with Gasteiger partial charge in [-0.3, -0.25) is 4.90 Å². The summed E-state index contributed by atoms with van der Waals surface area (Å²) < 4.78 is 14.8. The molecular formula is C13H22N4O2S. The lowest BCUT2D eigenvalue weighted by molar-refractivity contribution is 0.164. The number of hydrogen-bond donors (Lipinski definition) is 0.